The van der Waals surface area contributed by atoms with Crippen molar-refractivity contribution in [2.45, 2.75) is 38.2 Å². The molecule has 0 saturated heterocycles. The van der Waals surface area contributed by atoms with Crippen LogP contribution in [0.1, 0.15) is 26.3 Å². The molecule has 2 aromatic carbocycles. The monoisotopic (exact) mass is 547 g/mol. The molecule has 0 radical (unpaired) electrons. The molecular formula is C29H29N3O6S. The van der Waals surface area contributed by atoms with E-state index in [-0.39, 0.29) is 10.5 Å². The van der Waals surface area contributed by atoms with Crippen LogP contribution in [0.4, 0.5) is 4.79 Å². The van der Waals surface area contributed by atoms with Gasteiger partial charge in [-0.2, -0.15) is 0 Å². The Bertz CT molecular complexity index is 1830. The largest absolute Gasteiger partial charge is 0.497 e. The molecule has 0 atom stereocenters. The topological polar surface area (TPSA) is 102 Å². The molecule has 0 amide bonds. The third-order valence-corrected chi connectivity index (χ3v) is 8.00. The van der Waals surface area contributed by atoms with Crippen molar-refractivity contribution in [3.63, 3.8) is 0 Å². The fourth-order valence-electron chi connectivity index (χ4n) is 4.48. The second-order valence-corrected chi connectivity index (χ2v) is 11.9. The van der Waals surface area contributed by atoms with Crippen LogP contribution in [0.5, 0.6) is 11.5 Å². The Balaban J connectivity index is 1.87. The lowest BCUT2D eigenvalue weighted by atomic mass is 10.1. The summed E-state index contributed by atoms with van der Waals surface area (Å²) < 4.78 is 47.5. The van der Waals surface area contributed by atoms with Crippen LogP contribution in [0.15, 0.2) is 71.9 Å². The first-order chi connectivity index (χ1) is 18.4. The number of benzene rings is 2. The molecule has 0 unspecified atom stereocenters. The molecule has 39 heavy (non-hydrogen) atoms. The van der Waals surface area contributed by atoms with Crippen molar-refractivity contribution in [2.24, 2.45) is 0 Å². The molecule has 0 N–H and O–H groups in total. The van der Waals surface area contributed by atoms with E-state index in [1.165, 1.54) is 21.8 Å². The molecular weight excluding hydrogens is 518 g/mol. The fraction of sp³-hybridized carbons (Fsp3) is 0.241. The summed E-state index contributed by atoms with van der Waals surface area (Å²) in [7, 11) is -1.07. The van der Waals surface area contributed by atoms with Gasteiger partial charge in [-0.05, 0) is 70.2 Å². The number of aryl methyl sites for hydroxylation is 1. The molecule has 0 aliphatic rings. The summed E-state index contributed by atoms with van der Waals surface area (Å²) in [4.78, 5) is 17.8. The SMILES string of the molecule is COc1ccc2c(c1)c(-c1cc3c(OC)ccnc3n1S(=O)(=O)c1ccc(C)cc1)cn2C(=O)OC(C)(C)C. The lowest BCUT2D eigenvalue weighted by molar-refractivity contribution is 0.0544. The predicted octanol–water partition coefficient (Wildman–Crippen LogP) is 6.00. The Morgan fingerprint density at radius 1 is 0.923 bits per heavy atom. The maximum absolute atomic E-state index is 14.2. The Morgan fingerprint density at radius 3 is 2.28 bits per heavy atom. The fourth-order valence-corrected chi connectivity index (χ4v) is 5.95. The molecule has 0 saturated carbocycles. The quantitative estimate of drug-likeness (QED) is 0.266. The van der Waals surface area contributed by atoms with Gasteiger partial charge in [0.25, 0.3) is 10.0 Å². The number of carbonyl (C=O) groups excluding carboxylic acids is 1. The summed E-state index contributed by atoms with van der Waals surface area (Å²) in [6, 6.07) is 15.2. The molecule has 202 valence electrons. The molecule has 10 heteroatoms. The van der Waals surface area contributed by atoms with Crippen LogP contribution >= 0.6 is 0 Å². The zero-order valence-electron chi connectivity index (χ0n) is 22.6. The lowest BCUT2D eigenvalue weighted by Gasteiger charge is -2.19. The van der Waals surface area contributed by atoms with E-state index < -0.39 is 21.7 Å². The Morgan fingerprint density at radius 2 is 1.64 bits per heavy atom. The molecule has 0 spiro atoms. The minimum absolute atomic E-state index is 0.102. The zero-order chi connectivity index (χ0) is 28.1. The number of nitrogens with zero attached hydrogens (tertiary/aromatic N) is 3. The van der Waals surface area contributed by atoms with E-state index in [9.17, 15) is 13.2 Å². The highest BCUT2D eigenvalue weighted by Gasteiger charge is 2.29. The van der Waals surface area contributed by atoms with E-state index in [2.05, 4.69) is 4.98 Å². The van der Waals surface area contributed by atoms with Gasteiger partial charge < -0.3 is 14.2 Å². The standard InChI is InChI=1S/C29H29N3O6S/c1-18-7-10-20(11-8-18)39(34,35)32-25(16-22-26(37-6)13-14-30-27(22)32)23-17-31(28(33)38-29(2,3)4)24-12-9-19(36-5)15-21(23)24/h7-17H,1-6H3. The smallest absolute Gasteiger partial charge is 0.419 e. The normalized spacial score (nSPS) is 12.2. The second-order valence-electron chi connectivity index (χ2n) is 10.1. The van der Waals surface area contributed by atoms with Crippen molar-refractivity contribution in [1.82, 2.24) is 13.5 Å². The number of carbonyl (C=O) groups is 1. The highest BCUT2D eigenvalue weighted by molar-refractivity contribution is 7.90. The van der Waals surface area contributed by atoms with Crippen molar-refractivity contribution in [1.29, 1.82) is 0 Å². The van der Waals surface area contributed by atoms with Gasteiger partial charge in [0.15, 0.2) is 5.65 Å². The molecule has 3 heterocycles. The summed E-state index contributed by atoms with van der Waals surface area (Å²) in [6.45, 7) is 7.23. The lowest BCUT2D eigenvalue weighted by Crippen LogP contribution is -2.26. The third kappa shape index (κ3) is 4.61. The number of rotatable bonds is 5. The van der Waals surface area contributed by atoms with Crippen LogP contribution in [0.2, 0.25) is 0 Å². The van der Waals surface area contributed by atoms with Crippen molar-refractivity contribution >= 4 is 38.1 Å². The van der Waals surface area contributed by atoms with Crippen LogP contribution < -0.4 is 9.47 Å². The number of fused-ring (bicyclic) bond motifs is 2. The van der Waals surface area contributed by atoms with Gasteiger partial charge in [-0.1, -0.05) is 17.7 Å². The van der Waals surface area contributed by atoms with Gasteiger partial charge in [0.1, 0.15) is 17.1 Å². The van der Waals surface area contributed by atoms with E-state index >= 15 is 0 Å². The molecule has 9 nitrogen and oxygen atoms in total. The molecule has 0 aliphatic heterocycles. The Hall–Kier alpha value is -4.31. The molecule has 3 aromatic heterocycles. The minimum atomic E-state index is -4.12. The average molecular weight is 548 g/mol. The van der Waals surface area contributed by atoms with Crippen LogP contribution in [0.25, 0.3) is 33.2 Å². The van der Waals surface area contributed by atoms with Crippen molar-refractivity contribution in [3.05, 3.63) is 72.6 Å². The van der Waals surface area contributed by atoms with E-state index in [0.717, 1.165) is 5.56 Å². The zero-order valence-corrected chi connectivity index (χ0v) is 23.4. The van der Waals surface area contributed by atoms with Crippen LogP contribution in [-0.2, 0) is 14.8 Å². The van der Waals surface area contributed by atoms with Gasteiger partial charge in [-0.3, -0.25) is 4.57 Å². The van der Waals surface area contributed by atoms with Crippen molar-refractivity contribution < 1.29 is 27.4 Å². The minimum Gasteiger partial charge on any atom is -0.497 e. The summed E-state index contributed by atoms with van der Waals surface area (Å²) in [5.74, 6) is 1.01. The molecule has 5 aromatic rings. The van der Waals surface area contributed by atoms with E-state index in [1.54, 1.807) is 88.7 Å². The summed E-state index contributed by atoms with van der Waals surface area (Å²) >= 11 is 0. The van der Waals surface area contributed by atoms with Crippen LogP contribution in [-0.4, -0.2) is 47.9 Å². The number of pyridine rings is 1. The first kappa shape index (κ1) is 26.3. The number of methoxy groups -OCH3 is 2. The van der Waals surface area contributed by atoms with Gasteiger partial charge in [0.2, 0.25) is 0 Å². The van der Waals surface area contributed by atoms with Crippen LogP contribution in [0, 0.1) is 6.92 Å². The number of ether oxygens (including phenoxy) is 3. The molecule has 5 rings (SSSR count). The Labute approximate surface area is 226 Å². The van der Waals surface area contributed by atoms with Gasteiger partial charge in [0.05, 0.1) is 35.7 Å². The van der Waals surface area contributed by atoms with E-state index in [4.69, 9.17) is 14.2 Å². The summed E-state index contributed by atoms with van der Waals surface area (Å²) in [5.41, 5.74) is 1.71. The first-order valence-corrected chi connectivity index (χ1v) is 13.7. The maximum atomic E-state index is 14.2. The average Bonchev–Trinajstić information content (AvgIpc) is 3.46. The first-order valence-electron chi connectivity index (χ1n) is 12.2. The Kier molecular flexibility index (Phi) is 6.38. The highest BCUT2D eigenvalue weighted by atomic mass is 32.2. The van der Waals surface area contributed by atoms with Gasteiger partial charge in [0, 0.05) is 23.3 Å². The van der Waals surface area contributed by atoms with Gasteiger partial charge >= 0.3 is 6.09 Å². The van der Waals surface area contributed by atoms with Crippen molar-refractivity contribution in [3.8, 4) is 22.8 Å². The summed E-state index contributed by atoms with van der Waals surface area (Å²) in [6.07, 6.45) is 2.49. The predicted molar refractivity (Wildman–Crippen MR) is 149 cm³/mol. The highest BCUT2D eigenvalue weighted by Crippen LogP contribution is 2.40. The molecule has 0 fully saturated rings. The van der Waals surface area contributed by atoms with Gasteiger partial charge in [-0.15, -0.1) is 0 Å². The second kappa shape index (κ2) is 9.46. The number of hydrogen-bond donors (Lipinski definition) is 0. The number of aromatic nitrogens is 3. The third-order valence-electron chi connectivity index (χ3n) is 6.28. The molecule has 0 aliphatic carbocycles. The van der Waals surface area contributed by atoms with Gasteiger partial charge in [-0.25, -0.2) is 22.2 Å². The molecule has 0 bridgehead atoms. The number of hydrogen-bond acceptors (Lipinski definition) is 7. The maximum Gasteiger partial charge on any atom is 0.419 e. The van der Waals surface area contributed by atoms with Crippen LogP contribution in [0.3, 0.4) is 0 Å². The van der Waals surface area contributed by atoms with E-state index in [0.29, 0.717) is 39.0 Å². The summed E-state index contributed by atoms with van der Waals surface area (Å²) in [5, 5.41) is 1.11. The van der Waals surface area contributed by atoms with Crippen molar-refractivity contribution in [2.75, 3.05) is 14.2 Å². The van der Waals surface area contributed by atoms with E-state index in [1.807, 2.05) is 6.92 Å².